The molecule has 0 aromatic heterocycles. The van der Waals surface area contributed by atoms with Crippen LogP contribution < -0.4 is 0 Å². The Labute approximate surface area is 107 Å². The molecule has 1 rings (SSSR count). The Morgan fingerprint density at radius 1 is 0.882 bits per heavy atom. The lowest BCUT2D eigenvalue weighted by Gasteiger charge is -2.20. The van der Waals surface area contributed by atoms with Gasteiger partial charge in [0, 0.05) is 12.6 Å². The molecular formula is C15H31NO. The molecule has 0 aromatic rings. The average Bonchev–Trinajstić information content (AvgIpc) is 3.15. The van der Waals surface area contributed by atoms with Crippen LogP contribution in [-0.4, -0.2) is 35.7 Å². The number of unbranched alkanes of at least 4 members (excludes halogenated alkanes) is 7. The summed E-state index contributed by atoms with van der Waals surface area (Å²) in [6, 6.07) is 0.812. The summed E-state index contributed by atoms with van der Waals surface area (Å²) in [5, 5.41) is 8.99. The number of hydrogen-bond donors (Lipinski definition) is 1. The summed E-state index contributed by atoms with van der Waals surface area (Å²) in [6.07, 6.45) is 13.8. The van der Waals surface area contributed by atoms with E-state index in [4.69, 9.17) is 5.11 Å². The van der Waals surface area contributed by atoms with Gasteiger partial charge in [0.1, 0.15) is 0 Å². The topological polar surface area (TPSA) is 23.5 Å². The second-order valence-electron chi connectivity index (χ2n) is 5.47. The third-order valence-corrected chi connectivity index (χ3v) is 3.75. The lowest BCUT2D eigenvalue weighted by molar-refractivity contribution is 0.186. The molecule has 0 unspecified atom stereocenters. The van der Waals surface area contributed by atoms with Gasteiger partial charge < -0.3 is 5.11 Å². The van der Waals surface area contributed by atoms with Crippen molar-refractivity contribution in [1.82, 2.24) is 4.90 Å². The van der Waals surface area contributed by atoms with Crippen LogP contribution in [0.15, 0.2) is 0 Å². The van der Waals surface area contributed by atoms with Gasteiger partial charge in [-0.15, -0.1) is 0 Å². The van der Waals surface area contributed by atoms with E-state index < -0.39 is 0 Å². The van der Waals surface area contributed by atoms with E-state index in [9.17, 15) is 0 Å². The lowest BCUT2D eigenvalue weighted by atomic mass is 10.1. The van der Waals surface area contributed by atoms with Crippen LogP contribution in [-0.2, 0) is 0 Å². The minimum Gasteiger partial charge on any atom is -0.395 e. The normalized spacial score (nSPS) is 15.7. The Bertz CT molecular complexity index is 168. The smallest absolute Gasteiger partial charge is 0.0558 e. The van der Waals surface area contributed by atoms with Crippen molar-refractivity contribution >= 4 is 0 Å². The number of hydrogen-bond acceptors (Lipinski definition) is 2. The molecule has 102 valence electrons. The van der Waals surface area contributed by atoms with Crippen LogP contribution in [0.1, 0.15) is 71.1 Å². The van der Waals surface area contributed by atoms with Crippen molar-refractivity contribution in [2.75, 3.05) is 19.7 Å². The Morgan fingerprint density at radius 2 is 1.47 bits per heavy atom. The molecule has 0 bridgehead atoms. The van der Waals surface area contributed by atoms with Crippen molar-refractivity contribution in [2.24, 2.45) is 0 Å². The molecule has 0 heterocycles. The maximum Gasteiger partial charge on any atom is 0.0558 e. The monoisotopic (exact) mass is 241 g/mol. The van der Waals surface area contributed by atoms with E-state index in [1.54, 1.807) is 0 Å². The van der Waals surface area contributed by atoms with E-state index in [0.717, 1.165) is 12.6 Å². The average molecular weight is 241 g/mol. The Kier molecular flexibility index (Phi) is 8.72. The van der Waals surface area contributed by atoms with E-state index in [2.05, 4.69) is 11.8 Å². The summed E-state index contributed by atoms with van der Waals surface area (Å²) in [7, 11) is 0. The van der Waals surface area contributed by atoms with Gasteiger partial charge in [-0.2, -0.15) is 0 Å². The van der Waals surface area contributed by atoms with Gasteiger partial charge in [0.15, 0.2) is 0 Å². The minimum atomic E-state index is 0.327. The van der Waals surface area contributed by atoms with Gasteiger partial charge in [0.05, 0.1) is 6.61 Å². The highest BCUT2D eigenvalue weighted by atomic mass is 16.3. The van der Waals surface area contributed by atoms with Crippen LogP contribution in [0, 0.1) is 0 Å². The molecule has 2 heteroatoms. The van der Waals surface area contributed by atoms with Gasteiger partial charge in [-0.25, -0.2) is 0 Å². The van der Waals surface area contributed by atoms with Gasteiger partial charge in [-0.05, 0) is 25.8 Å². The van der Waals surface area contributed by atoms with Crippen molar-refractivity contribution in [1.29, 1.82) is 0 Å². The number of aliphatic hydroxyl groups excluding tert-OH is 1. The summed E-state index contributed by atoms with van der Waals surface area (Å²) in [5.41, 5.74) is 0. The molecule has 0 amide bonds. The quantitative estimate of drug-likeness (QED) is 0.528. The van der Waals surface area contributed by atoms with Crippen LogP contribution >= 0.6 is 0 Å². The molecule has 2 nitrogen and oxygen atoms in total. The molecule has 1 fully saturated rings. The molecular weight excluding hydrogens is 210 g/mol. The molecule has 1 aliphatic carbocycles. The van der Waals surface area contributed by atoms with E-state index in [0.29, 0.717) is 6.61 Å². The van der Waals surface area contributed by atoms with Crippen LogP contribution in [0.5, 0.6) is 0 Å². The van der Waals surface area contributed by atoms with Gasteiger partial charge in [-0.3, -0.25) is 4.90 Å². The van der Waals surface area contributed by atoms with Crippen molar-refractivity contribution in [3.8, 4) is 0 Å². The Hall–Kier alpha value is -0.0800. The second kappa shape index (κ2) is 9.90. The summed E-state index contributed by atoms with van der Waals surface area (Å²) in [5.74, 6) is 0. The van der Waals surface area contributed by atoms with Crippen LogP contribution in [0.4, 0.5) is 0 Å². The van der Waals surface area contributed by atoms with Gasteiger partial charge >= 0.3 is 0 Å². The van der Waals surface area contributed by atoms with Crippen LogP contribution in [0.2, 0.25) is 0 Å². The summed E-state index contributed by atoms with van der Waals surface area (Å²) in [6.45, 7) is 4.70. The first kappa shape index (κ1) is 15.0. The maximum absolute atomic E-state index is 8.99. The van der Waals surface area contributed by atoms with E-state index >= 15 is 0 Å². The van der Waals surface area contributed by atoms with Crippen molar-refractivity contribution < 1.29 is 5.11 Å². The highest BCUT2D eigenvalue weighted by molar-refractivity contribution is 4.84. The SMILES string of the molecule is CCCCCCCCCCN(CCO)C1CC1. The Morgan fingerprint density at radius 3 is 2.00 bits per heavy atom. The molecule has 0 spiro atoms. The zero-order valence-electron chi connectivity index (χ0n) is 11.7. The zero-order chi connectivity index (χ0) is 12.3. The van der Waals surface area contributed by atoms with Crippen LogP contribution in [0.25, 0.3) is 0 Å². The lowest BCUT2D eigenvalue weighted by Crippen LogP contribution is -2.30. The summed E-state index contributed by atoms with van der Waals surface area (Å²) < 4.78 is 0. The highest BCUT2D eigenvalue weighted by Crippen LogP contribution is 2.26. The second-order valence-corrected chi connectivity index (χ2v) is 5.47. The van der Waals surface area contributed by atoms with Gasteiger partial charge in [0.25, 0.3) is 0 Å². The molecule has 1 saturated carbocycles. The summed E-state index contributed by atoms with van der Waals surface area (Å²) in [4.78, 5) is 2.48. The molecule has 17 heavy (non-hydrogen) atoms. The predicted molar refractivity (Wildman–Crippen MR) is 74.3 cm³/mol. The molecule has 0 saturated heterocycles. The van der Waals surface area contributed by atoms with Crippen molar-refractivity contribution in [2.45, 2.75) is 77.2 Å². The molecule has 0 aromatic carbocycles. The van der Waals surface area contributed by atoms with Gasteiger partial charge in [-0.1, -0.05) is 51.9 Å². The fraction of sp³-hybridized carbons (Fsp3) is 1.00. The molecule has 0 atom stereocenters. The van der Waals surface area contributed by atoms with Crippen molar-refractivity contribution in [3.63, 3.8) is 0 Å². The molecule has 0 aliphatic heterocycles. The third kappa shape index (κ3) is 7.77. The first-order chi connectivity index (χ1) is 8.38. The van der Waals surface area contributed by atoms with E-state index in [1.807, 2.05) is 0 Å². The van der Waals surface area contributed by atoms with Crippen molar-refractivity contribution in [3.05, 3.63) is 0 Å². The summed E-state index contributed by atoms with van der Waals surface area (Å²) >= 11 is 0. The fourth-order valence-corrected chi connectivity index (χ4v) is 2.49. The highest BCUT2D eigenvalue weighted by Gasteiger charge is 2.27. The van der Waals surface area contributed by atoms with E-state index in [1.165, 1.54) is 70.8 Å². The molecule has 1 N–H and O–H groups in total. The predicted octanol–water partition coefficient (Wildman–Crippen LogP) is 3.58. The number of nitrogens with zero attached hydrogens (tertiary/aromatic N) is 1. The van der Waals surface area contributed by atoms with E-state index in [-0.39, 0.29) is 0 Å². The standard InChI is InChI=1S/C15H31NO/c1-2-3-4-5-6-7-8-9-12-16(13-14-17)15-10-11-15/h15,17H,2-14H2,1H3. The van der Waals surface area contributed by atoms with Crippen LogP contribution in [0.3, 0.4) is 0 Å². The maximum atomic E-state index is 8.99. The number of rotatable bonds is 12. The van der Waals surface area contributed by atoms with Gasteiger partial charge in [0.2, 0.25) is 0 Å². The third-order valence-electron chi connectivity index (χ3n) is 3.75. The molecule has 1 aliphatic rings. The first-order valence-electron chi connectivity index (χ1n) is 7.73. The molecule has 0 radical (unpaired) electrons. The first-order valence-corrected chi connectivity index (χ1v) is 7.73. The number of aliphatic hydroxyl groups is 1. The zero-order valence-corrected chi connectivity index (χ0v) is 11.7. The Balaban J connectivity index is 1.85. The minimum absolute atomic E-state index is 0.327. The fourth-order valence-electron chi connectivity index (χ4n) is 2.49. The largest absolute Gasteiger partial charge is 0.395 e.